The van der Waals surface area contributed by atoms with E-state index >= 15 is 0 Å². The summed E-state index contributed by atoms with van der Waals surface area (Å²) in [5.74, 6) is -0.00554. The molecule has 12 nitrogen and oxygen atoms in total. The highest BCUT2D eigenvalue weighted by molar-refractivity contribution is 7.81. The number of amidine groups is 1. The van der Waals surface area contributed by atoms with Crippen molar-refractivity contribution in [3.05, 3.63) is 100 Å². The number of nitrogens with one attached hydrogen (secondary N) is 1. The fourth-order valence-corrected chi connectivity index (χ4v) is 5.61. The van der Waals surface area contributed by atoms with Gasteiger partial charge in [0.15, 0.2) is 0 Å². The smallest absolute Gasteiger partial charge is 0.436 e. The molecule has 0 saturated heterocycles. The monoisotopic (exact) mass is 615 g/mol. The van der Waals surface area contributed by atoms with Crippen LogP contribution in [0, 0.1) is 0 Å². The molecule has 2 unspecified atom stereocenters. The molecule has 5 rings (SSSR count). The molecular weight excluding hydrogens is 584 g/mol. The van der Waals surface area contributed by atoms with Gasteiger partial charge in [0.25, 0.3) is 5.56 Å². The van der Waals surface area contributed by atoms with Gasteiger partial charge in [-0.25, -0.2) is 9.78 Å². The second-order valence-corrected chi connectivity index (χ2v) is 12.0. The third kappa shape index (κ3) is 6.53. The second kappa shape index (κ2) is 12.4. The molecule has 0 bridgehead atoms. The van der Waals surface area contributed by atoms with Crippen molar-refractivity contribution in [2.75, 3.05) is 4.31 Å². The third-order valence-corrected chi connectivity index (χ3v) is 7.67. The lowest BCUT2D eigenvalue weighted by molar-refractivity contribution is -0.124. The van der Waals surface area contributed by atoms with Crippen LogP contribution in [0.15, 0.2) is 82.7 Å². The fourth-order valence-electron chi connectivity index (χ4n) is 5.01. The van der Waals surface area contributed by atoms with Crippen molar-refractivity contribution in [2.24, 2.45) is 10.7 Å². The van der Waals surface area contributed by atoms with Crippen LogP contribution in [-0.4, -0.2) is 41.7 Å². The summed E-state index contributed by atoms with van der Waals surface area (Å²) in [5, 5.41) is 4.29. The Balaban J connectivity index is 1.33. The molecular formula is C31H31N6O6S-. The number of aryl methyl sites for hydroxylation is 1. The summed E-state index contributed by atoms with van der Waals surface area (Å²) in [6, 6.07) is 18.3. The number of rotatable bonds is 7. The Labute approximate surface area is 256 Å². The zero-order valence-corrected chi connectivity index (χ0v) is 25.2. The highest BCUT2D eigenvalue weighted by atomic mass is 32.2. The number of anilines is 2. The van der Waals surface area contributed by atoms with Crippen LogP contribution >= 0.6 is 0 Å². The van der Waals surface area contributed by atoms with Crippen LogP contribution in [-0.2, 0) is 33.8 Å². The summed E-state index contributed by atoms with van der Waals surface area (Å²) in [6.45, 7) is 5.34. The molecule has 3 N–H and O–H groups in total. The predicted octanol–water partition coefficient (Wildman–Crippen LogP) is 3.77. The number of carbonyl (C=O) groups excluding carboxylic acids is 2. The first-order valence-electron chi connectivity index (χ1n) is 13.8. The van der Waals surface area contributed by atoms with Crippen molar-refractivity contribution >= 4 is 51.2 Å². The zero-order chi connectivity index (χ0) is 31.6. The Bertz CT molecular complexity index is 1840. The number of ether oxygens (including phenoxy) is 1. The standard InChI is InChI=1S/C31H32N6O6S/c1-31(2,3)43-30(40)35-27(32)21-13-11-19(12-14-21)17-34-28(38)24-15-16-26-33-18-25(29(39)36(24)26)37(44(41)42)23-10-6-8-20-7-4-5-9-22(20)23/h4-14,18,24H,15-17H2,1-3H3,(H,34,38)(H,41,42)(H2,32,35,40)/p-1. The van der Waals surface area contributed by atoms with Gasteiger partial charge in [0.1, 0.15) is 29.0 Å². The largest absolute Gasteiger partial charge is 0.755 e. The lowest BCUT2D eigenvalue weighted by atomic mass is 10.1. The Morgan fingerprint density at radius 1 is 1.11 bits per heavy atom. The van der Waals surface area contributed by atoms with Crippen molar-refractivity contribution in [2.45, 2.75) is 51.8 Å². The van der Waals surface area contributed by atoms with Gasteiger partial charge < -0.3 is 20.3 Å². The van der Waals surface area contributed by atoms with Crippen LogP contribution in [0.2, 0.25) is 0 Å². The lowest BCUT2D eigenvalue weighted by Gasteiger charge is -2.27. The average molecular weight is 616 g/mol. The number of amides is 2. The lowest BCUT2D eigenvalue weighted by Crippen LogP contribution is -2.38. The van der Waals surface area contributed by atoms with Crippen molar-refractivity contribution < 1.29 is 23.1 Å². The molecule has 0 aliphatic carbocycles. The topological polar surface area (TPSA) is 172 Å². The van der Waals surface area contributed by atoms with E-state index in [0.29, 0.717) is 35.3 Å². The normalized spacial score (nSPS) is 15.5. The van der Waals surface area contributed by atoms with Crippen LogP contribution in [0.4, 0.5) is 16.2 Å². The molecule has 0 radical (unpaired) electrons. The molecule has 2 amide bonds. The maximum absolute atomic E-state index is 13.7. The molecule has 228 valence electrons. The van der Waals surface area contributed by atoms with Crippen LogP contribution in [0.1, 0.15) is 50.2 Å². The first-order valence-corrected chi connectivity index (χ1v) is 14.9. The molecule has 0 saturated carbocycles. The van der Waals surface area contributed by atoms with Crippen molar-refractivity contribution in [1.29, 1.82) is 0 Å². The van der Waals surface area contributed by atoms with E-state index in [1.807, 2.05) is 18.2 Å². The molecule has 0 spiro atoms. The molecule has 13 heteroatoms. The van der Waals surface area contributed by atoms with Gasteiger partial charge in [-0.2, -0.15) is 4.99 Å². The van der Waals surface area contributed by atoms with E-state index < -0.39 is 40.5 Å². The van der Waals surface area contributed by atoms with E-state index in [-0.39, 0.29) is 18.1 Å². The number of aromatic nitrogens is 2. The van der Waals surface area contributed by atoms with E-state index in [4.69, 9.17) is 10.5 Å². The third-order valence-electron chi connectivity index (χ3n) is 6.98. The predicted molar refractivity (Wildman–Crippen MR) is 166 cm³/mol. The Morgan fingerprint density at radius 3 is 2.52 bits per heavy atom. The van der Waals surface area contributed by atoms with E-state index in [9.17, 15) is 23.1 Å². The summed E-state index contributed by atoms with van der Waals surface area (Å²) >= 11 is -2.85. The van der Waals surface area contributed by atoms with Crippen LogP contribution in [0.3, 0.4) is 0 Å². The van der Waals surface area contributed by atoms with Gasteiger partial charge in [0, 0.05) is 23.9 Å². The van der Waals surface area contributed by atoms with Crippen molar-refractivity contribution in [3.8, 4) is 0 Å². The molecule has 0 fully saturated rings. The van der Waals surface area contributed by atoms with Gasteiger partial charge in [0.2, 0.25) is 5.91 Å². The van der Waals surface area contributed by atoms with Gasteiger partial charge in [-0.3, -0.25) is 22.7 Å². The van der Waals surface area contributed by atoms with Crippen molar-refractivity contribution in [1.82, 2.24) is 14.9 Å². The fraction of sp³-hybridized carbons (Fsp3) is 0.258. The number of nitrogens with two attached hydrogens (primary N) is 1. The molecule has 1 aromatic heterocycles. The molecule has 4 aromatic rings. The number of fused-ring (bicyclic) bond motifs is 2. The minimum Gasteiger partial charge on any atom is -0.755 e. The van der Waals surface area contributed by atoms with Gasteiger partial charge in [0.05, 0.1) is 23.2 Å². The molecule has 1 aliphatic heterocycles. The summed E-state index contributed by atoms with van der Waals surface area (Å²) in [4.78, 5) is 47.1. The number of aliphatic imine (C=N–C) groups is 1. The first kappa shape index (κ1) is 30.6. The molecule has 2 heterocycles. The minimum atomic E-state index is -2.85. The SMILES string of the molecule is CC(C)(C)OC(=O)N=C(N)c1ccc(CNC(=O)C2CCc3ncc(N(c4cccc5ccccc45)S(=O)[O-])c(=O)n32)cc1. The van der Waals surface area contributed by atoms with E-state index in [0.717, 1.165) is 15.3 Å². The van der Waals surface area contributed by atoms with E-state index in [1.54, 1.807) is 69.3 Å². The van der Waals surface area contributed by atoms with Gasteiger partial charge in [-0.1, -0.05) is 60.7 Å². The number of benzene rings is 3. The van der Waals surface area contributed by atoms with Crippen molar-refractivity contribution in [3.63, 3.8) is 0 Å². The maximum Gasteiger partial charge on any atom is 0.436 e. The Hall–Kier alpha value is -4.88. The highest BCUT2D eigenvalue weighted by Crippen LogP contribution is 2.33. The van der Waals surface area contributed by atoms with E-state index in [1.165, 1.54) is 10.8 Å². The summed E-state index contributed by atoms with van der Waals surface area (Å²) in [6.07, 6.45) is 1.17. The second-order valence-electron chi connectivity index (χ2n) is 11.2. The van der Waals surface area contributed by atoms with Crippen LogP contribution in [0.5, 0.6) is 0 Å². The molecule has 2 atom stereocenters. The van der Waals surface area contributed by atoms with Gasteiger partial charge in [-0.15, -0.1) is 0 Å². The quantitative estimate of drug-likeness (QED) is 0.180. The first-order chi connectivity index (χ1) is 20.9. The zero-order valence-electron chi connectivity index (χ0n) is 24.4. The number of carbonyl (C=O) groups is 2. The highest BCUT2D eigenvalue weighted by Gasteiger charge is 2.32. The Kier molecular flexibility index (Phi) is 8.61. The van der Waals surface area contributed by atoms with Gasteiger partial charge in [-0.05, 0) is 44.2 Å². The van der Waals surface area contributed by atoms with Gasteiger partial charge >= 0.3 is 6.09 Å². The number of hydrogen-bond acceptors (Lipinski definition) is 7. The Morgan fingerprint density at radius 2 is 1.82 bits per heavy atom. The maximum atomic E-state index is 13.7. The summed E-state index contributed by atoms with van der Waals surface area (Å²) < 4.78 is 32.3. The summed E-state index contributed by atoms with van der Waals surface area (Å²) in [7, 11) is 0. The number of nitrogens with zero attached hydrogens (tertiary/aromatic N) is 4. The number of hydrogen-bond donors (Lipinski definition) is 2. The summed E-state index contributed by atoms with van der Waals surface area (Å²) in [5.41, 5.74) is 5.99. The molecule has 44 heavy (non-hydrogen) atoms. The molecule has 3 aromatic carbocycles. The van der Waals surface area contributed by atoms with Crippen LogP contribution < -0.4 is 20.9 Å². The molecule has 1 aliphatic rings. The average Bonchev–Trinajstić information content (AvgIpc) is 3.41. The van der Waals surface area contributed by atoms with Crippen LogP contribution in [0.25, 0.3) is 10.8 Å². The minimum absolute atomic E-state index is 0.00312. The van der Waals surface area contributed by atoms with E-state index in [2.05, 4.69) is 15.3 Å².